The average molecular weight is 335 g/mol. The van der Waals surface area contributed by atoms with Crippen molar-refractivity contribution < 1.29 is 27.6 Å². The fraction of sp³-hybridized carbons (Fsp3) is 0.467. The highest BCUT2D eigenvalue weighted by Gasteiger charge is 1.97. The molecule has 1 aromatic carbocycles. The van der Waals surface area contributed by atoms with Crippen molar-refractivity contribution >= 4 is 10.4 Å². The molecular formula is C15H29NO5S. The summed E-state index contributed by atoms with van der Waals surface area (Å²) in [6.45, 7) is 6.04. The molecule has 0 spiro atoms. The van der Waals surface area contributed by atoms with Gasteiger partial charge >= 0.3 is 0 Å². The first-order chi connectivity index (χ1) is 9.42. The van der Waals surface area contributed by atoms with Crippen LogP contribution in [0.1, 0.15) is 27.3 Å². The molecule has 0 aliphatic rings. The van der Waals surface area contributed by atoms with Crippen LogP contribution >= 0.6 is 0 Å². The van der Waals surface area contributed by atoms with Crippen LogP contribution < -0.4 is 10.5 Å². The maximum atomic E-state index is 10.1. The number of benzene rings is 1. The minimum atomic E-state index is -4.62. The molecule has 1 aromatic rings. The summed E-state index contributed by atoms with van der Waals surface area (Å²) in [5.74, 6) is 0.615. The third kappa shape index (κ3) is 15.0. The molecule has 0 aromatic heterocycles. The van der Waals surface area contributed by atoms with Crippen LogP contribution in [0, 0.1) is 0 Å². The van der Waals surface area contributed by atoms with Gasteiger partial charge < -0.3 is 15.0 Å². The standard InChI is InChI=1S/C10H14O5S.C3H7N.2CH4/c1-2-9-3-5-10(6-4-9)14-7-8-15-16(11,12)13;1-2-3-4;;/h3-6H,2,7-8H2,1H3,(H,11,12,13);2H,1,3-4H2;2*1H4. The van der Waals surface area contributed by atoms with Crippen molar-refractivity contribution in [3.8, 4) is 5.75 Å². The Labute approximate surface area is 134 Å². The molecule has 22 heavy (non-hydrogen) atoms. The van der Waals surface area contributed by atoms with Crippen LogP contribution in [0.2, 0.25) is 0 Å². The zero-order valence-electron chi connectivity index (χ0n) is 11.6. The minimum Gasteiger partial charge on any atom is -0.726 e. The summed E-state index contributed by atoms with van der Waals surface area (Å²) in [4.78, 5) is 0. The number of aryl methyl sites for hydroxylation is 1. The monoisotopic (exact) mass is 335 g/mol. The molecular weight excluding hydrogens is 306 g/mol. The Morgan fingerprint density at radius 2 is 1.73 bits per heavy atom. The van der Waals surface area contributed by atoms with Gasteiger partial charge in [-0.05, 0) is 30.2 Å². The van der Waals surface area contributed by atoms with E-state index in [1.165, 1.54) is 5.56 Å². The molecule has 0 aliphatic carbocycles. The van der Waals surface area contributed by atoms with Crippen LogP contribution in [-0.2, 0) is 21.0 Å². The summed E-state index contributed by atoms with van der Waals surface area (Å²) in [5.41, 5.74) is 4.67. The van der Waals surface area contributed by atoms with E-state index >= 15 is 0 Å². The molecule has 0 saturated heterocycles. The largest absolute Gasteiger partial charge is 0.726 e. The molecule has 0 bridgehead atoms. The Morgan fingerprint density at radius 3 is 2.09 bits per heavy atom. The molecule has 0 saturated carbocycles. The predicted octanol–water partition coefficient (Wildman–Crippen LogP) is 1.79. The Kier molecular flexibility index (Phi) is 16.9. The van der Waals surface area contributed by atoms with Gasteiger partial charge in [0, 0.05) is 0 Å². The molecule has 0 fully saturated rings. The van der Waals surface area contributed by atoms with Crippen molar-refractivity contribution in [1.29, 1.82) is 0 Å². The Morgan fingerprint density at radius 1 is 1.23 bits per heavy atom. The van der Waals surface area contributed by atoms with Gasteiger partial charge in [-0.15, -0.1) is 0 Å². The third-order valence-electron chi connectivity index (χ3n) is 2.12. The van der Waals surface area contributed by atoms with E-state index in [-0.39, 0.29) is 28.1 Å². The number of ether oxygens (including phenoxy) is 1. The summed E-state index contributed by atoms with van der Waals surface area (Å²) < 4.78 is 39.4. The Hall–Kier alpha value is -1.41. The van der Waals surface area contributed by atoms with Gasteiger partial charge in [-0.1, -0.05) is 40.5 Å². The average Bonchev–Trinajstić information content (AvgIpc) is 2.43. The van der Waals surface area contributed by atoms with Crippen molar-refractivity contribution in [3.63, 3.8) is 0 Å². The minimum absolute atomic E-state index is 0. The molecule has 0 amide bonds. The molecule has 0 radical (unpaired) electrons. The summed E-state index contributed by atoms with van der Waals surface area (Å²) in [6, 6.07) is 7.40. The molecule has 7 heteroatoms. The first-order valence-corrected chi connectivity index (χ1v) is 7.48. The second-order valence-corrected chi connectivity index (χ2v) is 4.71. The summed E-state index contributed by atoms with van der Waals surface area (Å²) in [7, 11) is -4.62. The van der Waals surface area contributed by atoms with Crippen LogP contribution in [0.4, 0.5) is 0 Å². The van der Waals surface area contributed by atoms with Crippen LogP contribution in [0.3, 0.4) is 0 Å². The predicted molar refractivity (Wildman–Crippen MR) is 88.4 cm³/mol. The van der Waals surface area contributed by atoms with E-state index in [0.29, 0.717) is 5.75 Å². The second-order valence-electron chi connectivity index (χ2n) is 3.65. The van der Waals surface area contributed by atoms with Gasteiger partial charge in [-0.2, -0.15) is 0 Å². The highest BCUT2D eigenvalue weighted by molar-refractivity contribution is 7.80. The molecule has 1 rings (SSSR count). The lowest BCUT2D eigenvalue weighted by Crippen LogP contribution is -2.48. The summed E-state index contributed by atoms with van der Waals surface area (Å²) in [5, 5.41) is 0. The molecule has 0 aliphatic heterocycles. The molecule has 0 atom stereocenters. The number of hydrogen-bond donors (Lipinski definition) is 1. The highest BCUT2D eigenvalue weighted by Crippen LogP contribution is 2.12. The van der Waals surface area contributed by atoms with E-state index in [9.17, 15) is 13.0 Å². The Bertz CT molecular complexity index is 471. The van der Waals surface area contributed by atoms with Gasteiger partial charge in [0.05, 0.1) is 13.2 Å². The van der Waals surface area contributed by atoms with Gasteiger partial charge in [0.15, 0.2) is 0 Å². The zero-order chi connectivity index (χ0) is 15.4. The first-order valence-electron chi connectivity index (χ1n) is 6.15. The van der Waals surface area contributed by atoms with E-state index in [2.05, 4.69) is 16.5 Å². The fourth-order valence-electron chi connectivity index (χ4n) is 1.12. The highest BCUT2D eigenvalue weighted by atomic mass is 32.3. The smallest absolute Gasteiger partial charge is 0.217 e. The molecule has 0 heterocycles. The van der Waals surface area contributed by atoms with Crippen molar-refractivity contribution in [3.05, 3.63) is 42.5 Å². The van der Waals surface area contributed by atoms with E-state index in [4.69, 9.17) is 4.74 Å². The maximum Gasteiger partial charge on any atom is 0.217 e. The van der Waals surface area contributed by atoms with Crippen LogP contribution in [0.25, 0.3) is 0 Å². The van der Waals surface area contributed by atoms with Gasteiger partial charge in [-0.25, -0.2) is 8.42 Å². The Balaban J connectivity index is -0.000000538. The van der Waals surface area contributed by atoms with Gasteiger partial charge in [0.1, 0.15) is 12.4 Å². The maximum absolute atomic E-state index is 10.1. The zero-order valence-corrected chi connectivity index (χ0v) is 12.4. The van der Waals surface area contributed by atoms with E-state index in [0.717, 1.165) is 13.0 Å². The lowest BCUT2D eigenvalue weighted by Gasteiger charge is -2.09. The molecule has 0 unspecified atom stereocenters. The van der Waals surface area contributed by atoms with Crippen LogP contribution in [-0.4, -0.2) is 32.7 Å². The lowest BCUT2D eigenvalue weighted by molar-refractivity contribution is -0.352. The fourth-order valence-corrected chi connectivity index (χ4v) is 1.39. The molecule has 6 nitrogen and oxygen atoms in total. The van der Waals surface area contributed by atoms with Crippen molar-refractivity contribution in [2.24, 2.45) is 0 Å². The number of hydrogen-bond acceptors (Lipinski definition) is 5. The van der Waals surface area contributed by atoms with Crippen LogP contribution in [0.15, 0.2) is 36.9 Å². The van der Waals surface area contributed by atoms with Crippen molar-refractivity contribution in [2.75, 3.05) is 19.8 Å². The second kappa shape index (κ2) is 14.5. The summed E-state index contributed by atoms with van der Waals surface area (Å²) in [6.07, 6.45) is 2.71. The van der Waals surface area contributed by atoms with Gasteiger partial charge in [0.2, 0.25) is 10.4 Å². The van der Waals surface area contributed by atoms with E-state index in [1.807, 2.05) is 19.1 Å². The third-order valence-corrected chi connectivity index (χ3v) is 2.57. The van der Waals surface area contributed by atoms with Gasteiger partial charge in [0.25, 0.3) is 0 Å². The lowest BCUT2D eigenvalue weighted by atomic mass is 10.2. The first kappa shape index (κ1) is 25.5. The van der Waals surface area contributed by atoms with Crippen LogP contribution in [0.5, 0.6) is 5.75 Å². The SMILES string of the molecule is C.C.C=CC[NH3+].CCc1ccc(OCCOS(=O)(=O)[O-])cc1. The van der Waals surface area contributed by atoms with E-state index < -0.39 is 10.4 Å². The molecule has 130 valence electrons. The van der Waals surface area contributed by atoms with Crippen molar-refractivity contribution in [1.82, 2.24) is 0 Å². The normalized spacial score (nSPS) is 9.41. The van der Waals surface area contributed by atoms with Gasteiger partial charge in [-0.3, -0.25) is 4.18 Å². The number of quaternary nitrogens is 1. The number of rotatable bonds is 7. The van der Waals surface area contributed by atoms with E-state index in [1.54, 1.807) is 18.2 Å². The topological polar surface area (TPSA) is 103 Å². The van der Waals surface area contributed by atoms with Crippen molar-refractivity contribution in [2.45, 2.75) is 28.2 Å². The molecule has 3 N–H and O–H groups in total. The summed E-state index contributed by atoms with van der Waals surface area (Å²) >= 11 is 0. The quantitative estimate of drug-likeness (QED) is 0.354.